The highest BCUT2D eigenvalue weighted by Gasteiger charge is 2.36. The average molecular weight is 456 g/mol. The van der Waals surface area contributed by atoms with Crippen molar-refractivity contribution in [3.8, 4) is 11.8 Å². The highest BCUT2D eigenvalue weighted by molar-refractivity contribution is 7.89. The number of hydrogen-bond donors (Lipinski definition) is 3. The molecule has 1 aromatic heterocycles. The zero-order chi connectivity index (χ0) is 22.9. The van der Waals surface area contributed by atoms with Crippen LogP contribution in [0.2, 0.25) is 0 Å². The topological polar surface area (TPSA) is 133 Å². The van der Waals surface area contributed by atoms with Gasteiger partial charge in [-0.15, -0.1) is 0 Å². The molecule has 0 unspecified atom stereocenters. The first-order valence-corrected chi connectivity index (χ1v) is 10.1. The molecule has 9 nitrogen and oxygen atoms in total. The molecular weight excluding hydrogens is 441 g/mol. The average Bonchev–Trinajstić information content (AvgIpc) is 2.96. The monoisotopic (exact) mass is 456 g/mol. The predicted molar refractivity (Wildman–Crippen MR) is 100 cm³/mol. The Morgan fingerprint density at radius 3 is 2.84 bits per heavy atom. The van der Waals surface area contributed by atoms with E-state index in [0.29, 0.717) is 0 Å². The maximum absolute atomic E-state index is 13.5. The molecule has 0 fully saturated rings. The van der Waals surface area contributed by atoms with Gasteiger partial charge < -0.3 is 19.7 Å². The minimum Gasteiger partial charge on any atom is -0.488 e. The summed E-state index contributed by atoms with van der Waals surface area (Å²) in [5, 5.41) is 21.1. The lowest BCUT2D eigenvalue weighted by Gasteiger charge is -2.18. The van der Waals surface area contributed by atoms with Crippen LogP contribution in [0, 0.1) is 17.1 Å². The smallest absolute Gasteiger partial charge is 0.276 e. The van der Waals surface area contributed by atoms with Gasteiger partial charge in [0.1, 0.15) is 23.4 Å². The van der Waals surface area contributed by atoms with E-state index in [0.717, 1.165) is 18.3 Å². The van der Waals surface area contributed by atoms with Crippen molar-refractivity contribution in [3.63, 3.8) is 0 Å². The van der Waals surface area contributed by atoms with Crippen LogP contribution in [0.4, 0.5) is 18.9 Å². The molecule has 164 valence electrons. The van der Waals surface area contributed by atoms with Crippen molar-refractivity contribution in [3.05, 3.63) is 53.6 Å². The molecule has 0 spiro atoms. The van der Waals surface area contributed by atoms with Crippen molar-refractivity contribution in [2.45, 2.75) is 17.0 Å². The summed E-state index contributed by atoms with van der Waals surface area (Å²) in [5.74, 6) is -1.96. The number of ether oxygens (including phenoxy) is 1. The molecule has 0 radical (unpaired) electrons. The molecular formula is C18H15F3N4O5S. The van der Waals surface area contributed by atoms with Gasteiger partial charge in [-0.05, 0) is 18.2 Å². The molecule has 13 heteroatoms. The number of nitrogens with one attached hydrogen (secondary N) is 2. The van der Waals surface area contributed by atoms with E-state index >= 15 is 0 Å². The second-order valence-electron chi connectivity index (χ2n) is 6.53. The number of aliphatic hydroxyl groups is 1. The number of rotatable bonds is 4. The van der Waals surface area contributed by atoms with Crippen LogP contribution in [-0.4, -0.2) is 42.8 Å². The number of nitriles is 1. The summed E-state index contributed by atoms with van der Waals surface area (Å²) in [6, 6.07) is 3.48. The van der Waals surface area contributed by atoms with Gasteiger partial charge in [-0.1, -0.05) is 0 Å². The van der Waals surface area contributed by atoms with Gasteiger partial charge in [-0.3, -0.25) is 4.79 Å². The third-order valence-corrected chi connectivity index (χ3v) is 5.86. The maximum atomic E-state index is 13.5. The highest BCUT2D eigenvalue weighted by atomic mass is 32.2. The van der Waals surface area contributed by atoms with E-state index in [-0.39, 0.29) is 28.8 Å². The summed E-state index contributed by atoms with van der Waals surface area (Å²) < 4.78 is 72.2. The summed E-state index contributed by atoms with van der Waals surface area (Å²) in [4.78, 5) is 12.3. The van der Waals surface area contributed by atoms with Crippen molar-refractivity contribution < 1.29 is 36.2 Å². The quantitative estimate of drug-likeness (QED) is 0.638. The fourth-order valence-electron chi connectivity index (χ4n) is 2.93. The highest BCUT2D eigenvalue weighted by Crippen LogP contribution is 2.33. The lowest BCUT2D eigenvalue weighted by Crippen LogP contribution is -2.44. The molecule has 2 aromatic rings. The van der Waals surface area contributed by atoms with Crippen LogP contribution in [0.5, 0.6) is 5.75 Å². The van der Waals surface area contributed by atoms with Crippen molar-refractivity contribution >= 4 is 21.6 Å². The van der Waals surface area contributed by atoms with Crippen molar-refractivity contribution in [1.29, 1.82) is 5.26 Å². The molecule has 0 saturated carbocycles. The number of amides is 1. The maximum Gasteiger partial charge on any atom is 0.276 e. The van der Waals surface area contributed by atoms with Gasteiger partial charge in [0.15, 0.2) is 11.4 Å². The zero-order valence-corrected chi connectivity index (χ0v) is 16.6. The molecule has 2 heterocycles. The van der Waals surface area contributed by atoms with E-state index in [2.05, 4.69) is 10.0 Å². The van der Waals surface area contributed by atoms with E-state index in [1.54, 1.807) is 6.07 Å². The number of anilines is 1. The summed E-state index contributed by atoms with van der Waals surface area (Å²) in [6.45, 7) is -0.545. The van der Waals surface area contributed by atoms with Gasteiger partial charge >= 0.3 is 0 Å². The molecule has 0 aliphatic carbocycles. The summed E-state index contributed by atoms with van der Waals surface area (Å²) >= 11 is 0. The number of aromatic nitrogens is 1. The van der Waals surface area contributed by atoms with Crippen molar-refractivity contribution in [2.75, 3.05) is 11.9 Å². The summed E-state index contributed by atoms with van der Waals surface area (Å²) in [6.07, 6.45) is -2.83. The SMILES string of the molecule is Cn1cc2c(c1C(=O)Nc1ccc(F)c(C#N)c1)OC[C@H]([C@@H](O)C=C(F)F)NS2(=O)=O. The van der Waals surface area contributed by atoms with Gasteiger partial charge in [0.2, 0.25) is 10.0 Å². The van der Waals surface area contributed by atoms with E-state index in [1.807, 2.05) is 0 Å². The number of hydrogen-bond acceptors (Lipinski definition) is 6. The third kappa shape index (κ3) is 4.55. The second kappa shape index (κ2) is 8.42. The molecule has 1 aromatic carbocycles. The Kier molecular flexibility index (Phi) is 6.07. The first-order valence-electron chi connectivity index (χ1n) is 8.60. The Morgan fingerprint density at radius 2 is 2.19 bits per heavy atom. The molecule has 0 bridgehead atoms. The first-order chi connectivity index (χ1) is 14.5. The fraction of sp³-hybridized carbons (Fsp3) is 0.222. The second-order valence-corrected chi connectivity index (χ2v) is 8.21. The molecule has 31 heavy (non-hydrogen) atoms. The van der Waals surface area contributed by atoms with Gasteiger partial charge in [-0.25, -0.2) is 17.5 Å². The number of sulfonamides is 1. The van der Waals surface area contributed by atoms with E-state index in [9.17, 15) is 31.5 Å². The molecule has 1 amide bonds. The van der Waals surface area contributed by atoms with E-state index < -0.39 is 51.5 Å². The lowest BCUT2D eigenvalue weighted by molar-refractivity contribution is 0.101. The molecule has 3 rings (SSSR count). The Labute approximate surface area is 174 Å². The fourth-order valence-corrected chi connectivity index (χ4v) is 4.36. The molecule has 1 aliphatic rings. The van der Waals surface area contributed by atoms with Crippen LogP contribution in [0.1, 0.15) is 16.1 Å². The van der Waals surface area contributed by atoms with Crippen molar-refractivity contribution in [1.82, 2.24) is 9.29 Å². The predicted octanol–water partition coefficient (Wildman–Crippen LogP) is 1.47. The van der Waals surface area contributed by atoms with E-state index in [1.165, 1.54) is 17.7 Å². The third-order valence-electron chi connectivity index (χ3n) is 4.37. The van der Waals surface area contributed by atoms with E-state index in [4.69, 9.17) is 10.00 Å². The van der Waals surface area contributed by atoms with Gasteiger partial charge in [0.25, 0.3) is 12.0 Å². The Balaban J connectivity index is 1.95. The standard InChI is InChI=1S/C18H15F3N4O5S/c1-25-7-14-17(30-8-12(24-31(14,28)29)13(26)5-15(20)21)16(25)18(27)23-10-2-3-11(19)9(4-10)6-22/h2-5,7,12-13,24,26H,8H2,1H3,(H,23,27)/t12-,13+/m1/s1. The Hall–Kier alpha value is -3.34. The minimum atomic E-state index is -4.34. The number of halogens is 3. The zero-order valence-electron chi connectivity index (χ0n) is 15.8. The molecule has 3 N–H and O–H groups in total. The summed E-state index contributed by atoms with van der Waals surface area (Å²) in [7, 11) is -2.96. The number of nitrogens with zero attached hydrogens (tertiary/aromatic N) is 2. The van der Waals surface area contributed by atoms with Gasteiger partial charge in [0, 0.05) is 25.0 Å². The Morgan fingerprint density at radius 1 is 1.48 bits per heavy atom. The number of aliphatic hydroxyl groups excluding tert-OH is 1. The molecule has 1 aliphatic heterocycles. The van der Waals surface area contributed by atoms with Crippen LogP contribution in [0.15, 0.2) is 41.4 Å². The van der Waals surface area contributed by atoms with Crippen LogP contribution in [0.3, 0.4) is 0 Å². The van der Waals surface area contributed by atoms with Crippen LogP contribution in [-0.2, 0) is 17.1 Å². The molecule has 2 atom stereocenters. The van der Waals surface area contributed by atoms with Crippen LogP contribution in [0.25, 0.3) is 0 Å². The van der Waals surface area contributed by atoms with Crippen LogP contribution >= 0.6 is 0 Å². The lowest BCUT2D eigenvalue weighted by atomic mass is 10.2. The van der Waals surface area contributed by atoms with Gasteiger partial charge in [0.05, 0.1) is 17.7 Å². The minimum absolute atomic E-state index is 0.0735. The number of carbonyl (C=O) groups is 1. The Bertz CT molecular complexity index is 1220. The number of aryl methyl sites for hydroxylation is 1. The largest absolute Gasteiger partial charge is 0.488 e. The number of benzene rings is 1. The number of fused-ring (bicyclic) bond motifs is 1. The van der Waals surface area contributed by atoms with Crippen molar-refractivity contribution in [2.24, 2.45) is 7.05 Å². The van der Waals surface area contributed by atoms with Gasteiger partial charge in [-0.2, -0.15) is 14.0 Å². The molecule has 0 saturated heterocycles. The number of carbonyl (C=O) groups excluding carboxylic acids is 1. The normalized spacial score (nSPS) is 18.0. The summed E-state index contributed by atoms with van der Waals surface area (Å²) in [5.41, 5.74) is -0.466. The first kappa shape index (κ1) is 22.3. The van der Waals surface area contributed by atoms with Crippen LogP contribution < -0.4 is 14.8 Å².